The maximum atomic E-state index is 10.7. The van der Waals surface area contributed by atoms with Crippen LogP contribution in [-0.2, 0) is 4.79 Å². The Bertz CT molecular complexity index is 550. The highest BCUT2D eigenvalue weighted by Crippen LogP contribution is 2.14. The smallest absolute Gasteiger partial charge is 0.217 e. The van der Waals surface area contributed by atoms with Gasteiger partial charge in [0.1, 0.15) is 0 Å². The fourth-order valence-electron chi connectivity index (χ4n) is 1.98. The largest absolute Gasteiger partial charge is 0.370 e. The van der Waals surface area contributed by atoms with Gasteiger partial charge in [0, 0.05) is 24.2 Å². The van der Waals surface area contributed by atoms with E-state index in [1.165, 1.54) is 0 Å². The number of amides is 1. The second-order valence-electron chi connectivity index (χ2n) is 4.80. The number of benzene rings is 1. The van der Waals surface area contributed by atoms with Crippen molar-refractivity contribution >= 4 is 5.91 Å². The molecule has 1 aromatic carbocycles. The van der Waals surface area contributed by atoms with Crippen molar-refractivity contribution in [3.63, 3.8) is 0 Å². The number of aromatic nitrogens is 2. The third-order valence-corrected chi connectivity index (χ3v) is 3.17. The van der Waals surface area contributed by atoms with Gasteiger partial charge < -0.3 is 11.1 Å². The zero-order valence-electron chi connectivity index (χ0n) is 11.6. The van der Waals surface area contributed by atoms with Crippen LogP contribution in [0.4, 0.5) is 0 Å². The molecular weight excluding hydrogens is 252 g/mol. The zero-order valence-corrected chi connectivity index (χ0v) is 11.6. The average Bonchev–Trinajstić information content (AvgIpc) is 2.94. The molecule has 2 aromatic rings. The lowest BCUT2D eigenvalue weighted by molar-refractivity contribution is -0.118. The van der Waals surface area contributed by atoms with Gasteiger partial charge in [0.15, 0.2) is 0 Å². The van der Waals surface area contributed by atoms with Crippen molar-refractivity contribution < 1.29 is 4.79 Å². The number of carbonyl (C=O) groups is 1. The second kappa shape index (κ2) is 6.86. The van der Waals surface area contributed by atoms with E-state index in [2.05, 4.69) is 17.3 Å². The summed E-state index contributed by atoms with van der Waals surface area (Å²) in [4.78, 5) is 10.7. The molecule has 0 saturated heterocycles. The Morgan fingerprint density at radius 1 is 1.40 bits per heavy atom. The first-order valence-corrected chi connectivity index (χ1v) is 6.78. The highest BCUT2D eigenvalue weighted by molar-refractivity contribution is 5.73. The minimum atomic E-state index is -0.253. The molecule has 0 spiro atoms. The Kier molecular flexibility index (Phi) is 4.90. The van der Waals surface area contributed by atoms with Gasteiger partial charge in [-0.25, -0.2) is 4.68 Å². The van der Waals surface area contributed by atoms with Crippen LogP contribution in [0.25, 0.3) is 5.69 Å². The number of rotatable bonds is 7. The minimum Gasteiger partial charge on any atom is -0.370 e. The molecule has 2 rings (SSSR count). The predicted octanol–water partition coefficient (Wildman–Crippen LogP) is 1.79. The van der Waals surface area contributed by atoms with Gasteiger partial charge in [-0.3, -0.25) is 4.79 Å². The molecule has 106 valence electrons. The van der Waals surface area contributed by atoms with E-state index in [0.717, 1.165) is 24.2 Å². The van der Waals surface area contributed by atoms with Crippen LogP contribution >= 0.6 is 0 Å². The van der Waals surface area contributed by atoms with Gasteiger partial charge in [-0.2, -0.15) is 5.10 Å². The zero-order chi connectivity index (χ0) is 14.4. The summed E-state index contributed by atoms with van der Waals surface area (Å²) in [6.45, 7) is 2.84. The first-order chi connectivity index (χ1) is 9.66. The summed E-state index contributed by atoms with van der Waals surface area (Å²) in [5, 5.41) is 7.72. The topological polar surface area (TPSA) is 72.9 Å². The Morgan fingerprint density at radius 2 is 2.15 bits per heavy atom. The molecule has 0 bridgehead atoms. The van der Waals surface area contributed by atoms with Crippen LogP contribution in [-0.4, -0.2) is 22.2 Å². The number of hydrogen-bond donors (Lipinski definition) is 2. The Labute approximate surface area is 118 Å². The molecule has 1 unspecified atom stereocenters. The Balaban J connectivity index is 1.90. The lowest BCUT2D eigenvalue weighted by Gasteiger charge is -2.11. The van der Waals surface area contributed by atoms with Crippen molar-refractivity contribution in [1.82, 2.24) is 15.1 Å². The fraction of sp³-hybridized carbons (Fsp3) is 0.333. The lowest BCUT2D eigenvalue weighted by atomic mass is 10.2. The van der Waals surface area contributed by atoms with Crippen LogP contribution in [0.5, 0.6) is 0 Å². The molecule has 3 N–H and O–H groups in total. The number of nitrogens with two attached hydrogens (primary N) is 1. The van der Waals surface area contributed by atoms with E-state index in [4.69, 9.17) is 5.73 Å². The van der Waals surface area contributed by atoms with Gasteiger partial charge in [-0.15, -0.1) is 0 Å². The van der Waals surface area contributed by atoms with Crippen molar-refractivity contribution in [2.75, 3.05) is 6.54 Å². The van der Waals surface area contributed by atoms with E-state index >= 15 is 0 Å². The molecule has 0 fully saturated rings. The third kappa shape index (κ3) is 3.93. The summed E-state index contributed by atoms with van der Waals surface area (Å²) in [5.74, 6) is -0.253. The SMILES string of the molecule is CC(NCCCC(N)=O)c1cnn(-c2ccccc2)c1. The Morgan fingerprint density at radius 3 is 2.85 bits per heavy atom. The van der Waals surface area contributed by atoms with Crippen LogP contribution in [0.3, 0.4) is 0 Å². The molecule has 1 atom stereocenters. The number of hydrogen-bond acceptors (Lipinski definition) is 3. The summed E-state index contributed by atoms with van der Waals surface area (Å²) in [6.07, 6.45) is 5.05. The van der Waals surface area contributed by atoms with Crippen LogP contribution in [0.1, 0.15) is 31.4 Å². The van der Waals surface area contributed by atoms with E-state index in [0.29, 0.717) is 6.42 Å². The maximum absolute atomic E-state index is 10.7. The molecule has 0 radical (unpaired) electrons. The van der Waals surface area contributed by atoms with E-state index < -0.39 is 0 Å². The number of nitrogens with zero attached hydrogens (tertiary/aromatic N) is 2. The standard InChI is InChI=1S/C15H20N4O/c1-12(17-9-5-8-15(16)20)13-10-18-19(11-13)14-6-3-2-4-7-14/h2-4,6-7,10-12,17H,5,8-9H2,1H3,(H2,16,20). The fourth-order valence-corrected chi connectivity index (χ4v) is 1.98. The number of primary amides is 1. The van der Waals surface area contributed by atoms with Crippen LogP contribution < -0.4 is 11.1 Å². The van der Waals surface area contributed by atoms with E-state index in [1.54, 1.807) is 0 Å². The average molecular weight is 272 g/mol. The number of nitrogens with one attached hydrogen (secondary N) is 1. The monoisotopic (exact) mass is 272 g/mol. The molecule has 0 aliphatic heterocycles. The molecule has 0 aliphatic carbocycles. The molecule has 5 nitrogen and oxygen atoms in total. The van der Waals surface area contributed by atoms with Crippen LogP contribution in [0.2, 0.25) is 0 Å². The summed E-state index contributed by atoms with van der Waals surface area (Å²) < 4.78 is 1.86. The molecular formula is C15H20N4O. The van der Waals surface area contributed by atoms with Crippen molar-refractivity contribution in [3.05, 3.63) is 48.3 Å². The van der Waals surface area contributed by atoms with Gasteiger partial charge in [0.2, 0.25) is 5.91 Å². The summed E-state index contributed by atoms with van der Waals surface area (Å²) in [5.41, 5.74) is 7.27. The summed E-state index contributed by atoms with van der Waals surface area (Å²) in [7, 11) is 0. The van der Waals surface area contributed by atoms with Gasteiger partial charge >= 0.3 is 0 Å². The van der Waals surface area contributed by atoms with Crippen molar-refractivity contribution in [2.45, 2.75) is 25.8 Å². The summed E-state index contributed by atoms with van der Waals surface area (Å²) >= 11 is 0. The Hall–Kier alpha value is -2.14. The van der Waals surface area contributed by atoms with Gasteiger partial charge in [0.25, 0.3) is 0 Å². The van der Waals surface area contributed by atoms with E-state index in [-0.39, 0.29) is 11.9 Å². The first-order valence-electron chi connectivity index (χ1n) is 6.78. The van der Waals surface area contributed by atoms with Crippen LogP contribution in [0, 0.1) is 0 Å². The number of para-hydroxylation sites is 1. The van der Waals surface area contributed by atoms with Crippen LogP contribution in [0.15, 0.2) is 42.7 Å². The lowest BCUT2D eigenvalue weighted by Crippen LogP contribution is -2.21. The highest BCUT2D eigenvalue weighted by atomic mass is 16.1. The third-order valence-electron chi connectivity index (χ3n) is 3.17. The van der Waals surface area contributed by atoms with Crippen molar-refractivity contribution in [3.8, 4) is 5.69 Å². The van der Waals surface area contributed by atoms with Crippen molar-refractivity contribution in [1.29, 1.82) is 0 Å². The minimum absolute atomic E-state index is 0.195. The molecule has 1 amide bonds. The number of carbonyl (C=O) groups excluding carboxylic acids is 1. The normalized spacial score (nSPS) is 12.2. The first kappa shape index (κ1) is 14.3. The maximum Gasteiger partial charge on any atom is 0.217 e. The molecule has 0 aliphatic rings. The second-order valence-corrected chi connectivity index (χ2v) is 4.80. The van der Waals surface area contributed by atoms with Gasteiger partial charge in [0.05, 0.1) is 11.9 Å². The molecule has 1 heterocycles. The quantitative estimate of drug-likeness (QED) is 0.755. The molecule has 5 heteroatoms. The predicted molar refractivity (Wildman–Crippen MR) is 78.4 cm³/mol. The van der Waals surface area contributed by atoms with E-state index in [1.807, 2.05) is 47.4 Å². The van der Waals surface area contributed by atoms with Gasteiger partial charge in [-0.1, -0.05) is 18.2 Å². The molecule has 20 heavy (non-hydrogen) atoms. The van der Waals surface area contributed by atoms with Crippen molar-refractivity contribution in [2.24, 2.45) is 5.73 Å². The summed E-state index contributed by atoms with van der Waals surface area (Å²) in [6, 6.07) is 10.2. The van der Waals surface area contributed by atoms with E-state index in [9.17, 15) is 4.79 Å². The van der Waals surface area contributed by atoms with Gasteiger partial charge in [-0.05, 0) is 32.0 Å². The molecule has 1 aromatic heterocycles. The highest BCUT2D eigenvalue weighted by Gasteiger charge is 2.08. The molecule has 0 saturated carbocycles.